The van der Waals surface area contributed by atoms with Crippen molar-refractivity contribution in [2.75, 3.05) is 13.1 Å². The summed E-state index contributed by atoms with van der Waals surface area (Å²) in [7, 11) is 0. The van der Waals surface area contributed by atoms with E-state index in [0.29, 0.717) is 12.3 Å². The highest BCUT2D eigenvalue weighted by Gasteiger charge is 2.23. The molecule has 0 atom stereocenters. The maximum Gasteiger partial charge on any atom is 0.220 e. The van der Waals surface area contributed by atoms with E-state index in [2.05, 4.69) is 48.7 Å². The van der Waals surface area contributed by atoms with Crippen molar-refractivity contribution in [3.63, 3.8) is 0 Å². The molecule has 1 aliphatic rings. The maximum absolute atomic E-state index is 12.2. The van der Waals surface area contributed by atoms with Crippen molar-refractivity contribution in [3.8, 4) is 0 Å². The van der Waals surface area contributed by atoms with Crippen molar-refractivity contribution in [1.29, 1.82) is 0 Å². The molecular formula is C18H28N2O. The van der Waals surface area contributed by atoms with E-state index >= 15 is 0 Å². The van der Waals surface area contributed by atoms with Gasteiger partial charge in [-0.25, -0.2) is 0 Å². The topological polar surface area (TPSA) is 41.1 Å². The van der Waals surface area contributed by atoms with Crippen LogP contribution in [0.4, 0.5) is 0 Å². The number of carbonyl (C=O) groups is 1. The average Bonchev–Trinajstić information content (AvgIpc) is 2.47. The minimum Gasteiger partial charge on any atom is -0.351 e. The summed E-state index contributed by atoms with van der Waals surface area (Å²) >= 11 is 0. The van der Waals surface area contributed by atoms with E-state index in [1.807, 2.05) is 6.07 Å². The Balaban J connectivity index is 1.75. The predicted octanol–water partition coefficient (Wildman–Crippen LogP) is 2.90. The van der Waals surface area contributed by atoms with Gasteiger partial charge in [-0.1, -0.05) is 30.3 Å². The Morgan fingerprint density at radius 3 is 2.57 bits per heavy atom. The van der Waals surface area contributed by atoms with Crippen LogP contribution in [0.1, 0.15) is 45.1 Å². The van der Waals surface area contributed by atoms with Gasteiger partial charge >= 0.3 is 0 Å². The molecule has 0 unspecified atom stereocenters. The van der Waals surface area contributed by atoms with E-state index in [9.17, 15) is 4.79 Å². The van der Waals surface area contributed by atoms with Crippen molar-refractivity contribution in [3.05, 3.63) is 35.9 Å². The van der Waals surface area contributed by atoms with Crippen LogP contribution in [0.25, 0.3) is 0 Å². The summed E-state index contributed by atoms with van der Waals surface area (Å²) in [4.78, 5) is 12.2. The lowest BCUT2D eigenvalue weighted by atomic mass is 9.92. The van der Waals surface area contributed by atoms with Gasteiger partial charge in [-0.2, -0.15) is 0 Å². The third kappa shape index (κ3) is 5.88. The van der Waals surface area contributed by atoms with Gasteiger partial charge in [-0.3, -0.25) is 4.79 Å². The monoisotopic (exact) mass is 288 g/mol. The van der Waals surface area contributed by atoms with Crippen LogP contribution in [0.15, 0.2) is 30.3 Å². The molecule has 3 heteroatoms. The first-order valence-corrected chi connectivity index (χ1v) is 8.11. The van der Waals surface area contributed by atoms with Crippen molar-refractivity contribution in [2.45, 2.75) is 51.5 Å². The number of nitrogens with one attached hydrogen (secondary N) is 2. The second-order valence-electron chi connectivity index (χ2n) is 6.82. The number of piperidine rings is 1. The van der Waals surface area contributed by atoms with E-state index in [1.54, 1.807) is 0 Å². The molecular weight excluding hydrogens is 260 g/mol. The third-order valence-electron chi connectivity index (χ3n) is 4.29. The Kier molecular flexibility index (Phi) is 5.80. The summed E-state index contributed by atoms with van der Waals surface area (Å²) in [6.07, 6.45) is 4.89. The van der Waals surface area contributed by atoms with Crippen LogP contribution in [-0.2, 0) is 11.2 Å². The van der Waals surface area contributed by atoms with Gasteiger partial charge in [0.05, 0.1) is 0 Å². The Morgan fingerprint density at radius 1 is 1.24 bits per heavy atom. The molecule has 1 aliphatic heterocycles. The molecule has 1 heterocycles. The smallest absolute Gasteiger partial charge is 0.220 e. The van der Waals surface area contributed by atoms with Crippen LogP contribution in [0, 0.1) is 5.92 Å². The molecule has 0 spiro atoms. The largest absolute Gasteiger partial charge is 0.351 e. The van der Waals surface area contributed by atoms with Gasteiger partial charge in [-0.15, -0.1) is 0 Å². The van der Waals surface area contributed by atoms with Gasteiger partial charge in [0.1, 0.15) is 0 Å². The van der Waals surface area contributed by atoms with Crippen molar-refractivity contribution in [2.24, 2.45) is 5.92 Å². The van der Waals surface area contributed by atoms with E-state index in [-0.39, 0.29) is 11.4 Å². The van der Waals surface area contributed by atoms with Crippen LogP contribution in [0.2, 0.25) is 0 Å². The zero-order chi connectivity index (χ0) is 15.1. The second-order valence-corrected chi connectivity index (χ2v) is 6.82. The number of amides is 1. The first-order chi connectivity index (χ1) is 10.1. The van der Waals surface area contributed by atoms with E-state index in [0.717, 1.165) is 38.8 Å². The molecule has 0 aliphatic carbocycles. The number of carbonyl (C=O) groups excluding carboxylic acids is 1. The summed E-state index contributed by atoms with van der Waals surface area (Å²) in [6.45, 7) is 6.34. The van der Waals surface area contributed by atoms with E-state index < -0.39 is 0 Å². The SMILES string of the molecule is CC(C)(CCc1ccccc1)NC(=O)CC1CCNCC1. The van der Waals surface area contributed by atoms with Crippen molar-refractivity contribution < 1.29 is 4.79 Å². The number of aryl methyl sites for hydroxylation is 1. The van der Waals surface area contributed by atoms with Crippen molar-refractivity contribution in [1.82, 2.24) is 10.6 Å². The highest BCUT2D eigenvalue weighted by molar-refractivity contribution is 5.77. The molecule has 0 bridgehead atoms. The quantitative estimate of drug-likeness (QED) is 0.845. The van der Waals surface area contributed by atoms with E-state index in [1.165, 1.54) is 5.56 Å². The van der Waals surface area contributed by atoms with Crippen LogP contribution >= 0.6 is 0 Å². The van der Waals surface area contributed by atoms with Crippen LogP contribution in [0.5, 0.6) is 0 Å². The maximum atomic E-state index is 12.2. The molecule has 0 aromatic heterocycles. The molecule has 0 radical (unpaired) electrons. The van der Waals surface area contributed by atoms with Gasteiger partial charge in [0.15, 0.2) is 0 Å². The summed E-state index contributed by atoms with van der Waals surface area (Å²) in [5.74, 6) is 0.760. The predicted molar refractivity (Wildman–Crippen MR) is 87.2 cm³/mol. The van der Waals surface area contributed by atoms with Gasteiger partial charge < -0.3 is 10.6 Å². The Morgan fingerprint density at radius 2 is 1.90 bits per heavy atom. The minimum absolute atomic E-state index is 0.139. The molecule has 3 nitrogen and oxygen atoms in total. The van der Waals surface area contributed by atoms with Crippen LogP contribution in [0.3, 0.4) is 0 Å². The summed E-state index contributed by atoms with van der Waals surface area (Å²) < 4.78 is 0. The van der Waals surface area contributed by atoms with Crippen LogP contribution < -0.4 is 10.6 Å². The Hall–Kier alpha value is -1.35. The molecule has 1 aromatic carbocycles. The van der Waals surface area contributed by atoms with Crippen LogP contribution in [-0.4, -0.2) is 24.5 Å². The van der Waals surface area contributed by atoms with Gasteiger partial charge in [0.25, 0.3) is 0 Å². The zero-order valence-electron chi connectivity index (χ0n) is 13.3. The van der Waals surface area contributed by atoms with Gasteiger partial charge in [0.2, 0.25) is 5.91 Å². The lowest BCUT2D eigenvalue weighted by molar-refractivity contribution is -0.123. The zero-order valence-corrected chi connectivity index (χ0v) is 13.3. The van der Waals surface area contributed by atoms with Gasteiger partial charge in [0, 0.05) is 12.0 Å². The summed E-state index contributed by atoms with van der Waals surface area (Å²) in [6, 6.07) is 10.5. The fourth-order valence-electron chi connectivity index (χ4n) is 2.94. The molecule has 2 rings (SSSR count). The molecule has 1 saturated heterocycles. The molecule has 1 fully saturated rings. The first-order valence-electron chi connectivity index (χ1n) is 8.11. The second kappa shape index (κ2) is 7.60. The Bertz CT molecular complexity index is 436. The average molecular weight is 288 g/mol. The van der Waals surface area contributed by atoms with Crippen molar-refractivity contribution >= 4 is 5.91 Å². The normalized spacial score (nSPS) is 16.7. The van der Waals surface area contributed by atoms with Gasteiger partial charge in [-0.05, 0) is 64.1 Å². The molecule has 1 amide bonds. The Labute approximate surface area is 128 Å². The summed E-state index contributed by atoms with van der Waals surface area (Å²) in [5.41, 5.74) is 1.19. The number of hydrogen-bond acceptors (Lipinski definition) is 2. The number of hydrogen-bond donors (Lipinski definition) is 2. The molecule has 1 aromatic rings. The first kappa shape index (κ1) is 16.0. The lowest BCUT2D eigenvalue weighted by Crippen LogP contribution is -2.44. The lowest BCUT2D eigenvalue weighted by Gasteiger charge is -2.28. The third-order valence-corrected chi connectivity index (χ3v) is 4.29. The standard InChI is InChI=1S/C18H28N2O/c1-18(2,11-8-15-6-4-3-5-7-15)20-17(21)14-16-9-12-19-13-10-16/h3-7,16,19H,8-14H2,1-2H3,(H,20,21). The highest BCUT2D eigenvalue weighted by atomic mass is 16.1. The molecule has 0 saturated carbocycles. The number of benzene rings is 1. The highest BCUT2D eigenvalue weighted by Crippen LogP contribution is 2.18. The minimum atomic E-state index is -0.139. The molecule has 2 N–H and O–H groups in total. The fraction of sp³-hybridized carbons (Fsp3) is 0.611. The summed E-state index contributed by atoms with van der Waals surface area (Å²) in [5, 5.41) is 6.56. The van der Waals surface area contributed by atoms with E-state index in [4.69, 9.17) is 0 Å². The molecule has 116 valence electrons. The fourth-order valence-corrected chi connectivity index (χ4v) is 2.94. The number of rotatable bonds is 6. The molecule has 21 heavy (non-hydrogen) atoms.